The molecule has 2 fully saturated rings. The van der Waals surface area contributed by atoms with Crippen LogP contribution in [0.5, 0.6) is 0 Å². The highest BCUT2D eigenvalue weighted by atomic mass is 14.3. The van der Waals surface area contributed by atoms with Crippen molar-refractivity contribution in [3.8, 4) is 0 Å². The summed E-state index contributed by atoms with van der Waals surface area (Å²) in [7, 11) is 0. The zero-order valence-electron chi connectivity index (χ0n) is 12.5. The van der Waals surface area contributed by atoms with Crippen LogP contribution in [0.15, 0.2) is 0 Å². The molecule has 0 unspecified atom stereocenters. The van der Waals surface area contributed by atoms with Crippen LogP contribution in [0.2, 0.25) is 0 Å². The van der Waals surface area contributed by atoms with Gasteiger partial charge >= 0.3 is 0 Å². The minimum Gasteiger partial charge on any atom is -0.0533 e. The summed E-state index contributed by atoms with van der Waals surface area (Å²) in [5.74, 6) is 0. The Morgan fingerprint density at radius 2 is 0.500 bits per heavy atom. The molecule has 2 aliphatic carbocycles. The van der Waals surface area contributed by atoms with Crippen LogP contribution in [0.3, 0.4) is 0 Å². The second-order valence-electron chi connectivity index (χ2n) is 7.10. The second kappa shape index (κ2) is 8.23. The smallest absolute Gasteiger partial charge is 0.0297 e. The van der Waals surface area contributed by atoms with Gasteiger partial charge in [-0.25, -0.2) is 0 Å². The Balaban J connectivity index is 1.90. The SMILES string of the molecule is C1CCCCCC2(CCCC1)CCCCCCC2. The molecule has 0 atom stereocenters. The molecule has 2 aliphatic rings. The molecule has 0 nitrogen and oxygen atoms in total. The Kier molecular flexibility index (Phi) is 6.59. The maximum atomic E-state index is 1.56. The molecule has 106 valence electrons. The van der Waals surface area contributed by atoms with Gasteiger partial charge in [0.2, 0.25) is 0 Å². The van der Waals surface area contributed by atoms with E-state index in [1.807, 2.05) is 0 Å². The first-order valence-corrected chi connectivity index (χ1v) is 8.91. The van der Waals surface area contributed by atoms with Gasteiger partial charge in [0.15, 0.2) is 0 Å². The molecule has 0 radical (unpaired) electrons. The third-order valence-corrected chi connectivity index (χ3v) is 5.58. The summed E-state index contributed by atoms with van der Waals surface area (Å²) in [4.78, 5) is 0. The van der Waals surface area contributed by atoms with E-state index in [-0.39, 0.29) is 0 Å². The topological polar surface area (TPSA) is 0 Å². The molecule has 0 heteroatoms. The highest BCUT2D eigenvalue weighted by Gasteiger charge is 2.29. The average Bonchev–Trinajstić information content (AvgIpc) is 2.40. The maximum Gasteiger partial charge on any atom is -0.0297 e. The van der Waals surface area contributed by atoms with E-state index in [1.54, 1.807) is 25.7 Å². The fourth-order valence-electron chi connectivity index (χ4n) is 4.34. The Morgan fingerprint density at radius 3 is 0.778 bits per heavy atom. The lowest BCUT2D eigenvalue weighted by atomic mass is 9.70. The van der Waals surface area contributed by atoms with Crippen LogP contribution in [0, 0.1) is 5.41 Å². The number of hydrogen-bond acceptors (Lipinski definition) is 0. The van der Waals surface area contributed by atoms with Crippen molar-refractivity contribution < 1.29 is 0 Å². The van der Waals surface area contributed by atoms with E-state index in [1.165, 1.54) is 83.5 Å². The first-order valence-electron chi connectivity index (χ1n) is 8.91. The highest BCUT2D eigenvalue weighted by molar-refractivity contribution is 4.81. The normalized spacial score (nSPS) is 28.0. The van der Waals surface area contributed by atoms with Crippen LogP contribution in [0.25, 0.3) is 0 Å². The molecular weight excluding hydrogens is 216 g/mol. The Bertz CT molecular complexity index is 184. The molecule has 0 amide bonds. The Labute approximate surface area is 115 Å². The molecule has 0 saturated heterocycles. The van der Waals surface area contributed by atoms with Gasteiger partial charge in [-0.1, -0.05) is 83.5 Å². The molecule has 2 rings (SSSR count). The summed E-state index contributed by atoms with van der Waals surface area (Å²) in [6.07, 6.45) is 26.0. The lowest BCUT2D eigenvalue weighted by Gasteiger charge is -2.36. The van der Waals surface area contributed by atoms with Crippen molar-refractivity contribution in [3.05, 3.63) is 0 Å². The standard InChI is InChI=1S/C18H34/c1-2-4-7-11-15-18(14-10-6-3-1)16-12-8-5-9-13-17-18/h1-17H2. The first kappa shape index (κ1) is 14.4. The molecule has 2 saturated carbocycles. The van der Waals surface area contributed by atoms with Crippen LogP contribution >= 0.6 is 0 Å². The Hall–Kier alpha value is 0. The van der Waals surface area contributed by atoms with Gasteiger partial charge in [0.05, 0.1) is 0 Å². The van der Waals surface area contributed by atoms with E-state index >= 15 is 0 Å². The first-order chi connectivity index (χ1) is 8.91. The third-order valence-electron chi connectivity index (χ3n) is 5.58. The van der Waals surface area contributed by atoms with E-state index in [4.69, 9.17) is 0 Å². The van der Waals surface area contributed by atoms with E-state index in [9.17, 15) is 0 Å². The van der Waals surface area contributed by atoms with Crippen molar-refractivity contribution in [2.75, 3.05) is 0 Å². The predicted molar refractivity (Wildman–Crippen MR) is 80.9 cm³/mol. The second-order valence-corrected chi connectivity index (χ2v) is 7.10. The maximum absolute atomic E-state index is 1.56. The van der Waals surface area contributed by atoms with E-state index in [0.717, 1.165) is 5.41 Å². The fraction of sp³-hybridized carbons (Fsp3) is 1.00. The molecule has 0 aromatic carbocycles. The summed E-state index contributed by atoms with van der Waals surface area (Å²) in [6, 6.07) is 0. The van der Waals surface area contributed by atoms with Crippen molar-refractivity contribution in [1.82, 2.24) is 0 Å². The van der Waals surface area contributed by atoms with Crippen molar-refractivity contribution in [2.45, 2.75) is 109 Å². The van der Waals surface area contributed by atoms with Gasteiger partial charge in [-0.2, -0.15) is 0 Å². The van der Waals surface area contributed by atoms with Gasteiger partial charge in [0, 0.05) is 0 Å². The minimum absolute atomic E-state index is 0.782. The van der Waals surface area contributed by atoms with Crippen LogP contribution < -0.4 is 0 Å². The molecule has 0 heterocycles. The van der Waals surface area contributed by atoms with Crippen molar-refractivity contribution in [1.29, 1.82) is 0 Å². The molecular formula is C18H34. The van der Waals surface area contributed by atoms with Gasteiger partial charge in [-0.3, -0.25) is 0 Å². The molecule has 18 heavy (non-hydrogen) atoms. The summed E-state index contributed by atoms with van der Waals surface area (Å²) < 4.78 is 0. The van der Waals surface area contributed by atoms with Gasteiger partial charge < -0.3 is 0 Å². The minimum atomic E-state index is 0.782. The van der Waals surface area contributed by atoms with Gasteiger partial charge in [0.1, 0.15) is 0 Å². The largest absolute Gasteiger partial charge is 0.0533 e. The van der Waals surface area contributed by atoms with E-state index in [2.05, 4.69) is 0 Å². The summed E-state index contributed by atoms with van der Waals surface area (Å²) in [5.41, 5.74) is 0.782. The quantitative estimate of drug-likeness (QED) is 0.452. The summed E-state index contributed by atoms with van der Waals surface area (Å²) >= 11 is 0. The predicted octanol–water partition coefficient (Wildman–Crippen LogP) is 6.63. The van der Waals surface area contributed by atoms with Gasteiger partial charge in [0.25, 0.3) is 0 Å². The van der Waals surface area contributed by atoms with Gasteiger partial charge in [-0.15, -0.1) is 0 Å². The number of rotatable bonds is 0. The number of hydrogen-bond donors (Lipinski definition) is 0. The van der Waals surface area contributed by atoms with Crippen LogP contribution in [0.1, 0.15) is 109 Å². The molecule has 0 N–H and O–H groups in total. The lowest BCUT2D eigenvalue weighted by Crippen LogP contribution is -2.22. The zero-order valence-corrected chi connectivity index (χ0v) is 12.5. The molecule has 0 aromatic heterocycles. The zero-order chi connectivity index (χ0) is 12.5. The van der Waals surface area contributed by atoms with Crippen molar-refractivity contribution >= 4 is 0 Å². The van der Waals surface area contributed by atoms with Crippen LogP contribution in [0.4, 0.5) is 0 Å². The van der Waals surface area contributed by atoms with E-state index in [0.29, 0.717) is 0 Å². The molecule has 1 spiro atoms. The third kappa shape index (κ3) is 4.94. The summed E-state index contributed by atoms with van der Waals surface area (Å²) in [5, 5.41) is 0. The monoisotopic (exact) mass is 250 g/mol. The van der Waals surface area contributed by atoms with E-state index < -0.39 is 0 Å². The Morgan fingerprint density at radius 1 is 0.278 bits per heavy atom. The van der Waals surface area contributed by atoms with Crippen LogP contribution in [-0.4, -0.2) is 0 Å². The molecule has 0 bridgehead atoms. The van der Waals surface area contributed by atoms with Crippen molar-refractivity contribution in [2.24, 2.45) is 5.41 Å². The average molecular weight is 250 g/mol. The van der Waals surface area contributed by atoms with Crippen LogP contribution in [-0.2, 0) is 0 Å². The van der Waals surface area contributed by atoms with Crippen molar-refractivity contribution in [3.63, 3.8) is 0 Å². The fourth-order valence-corrected chi connectivity index (χ4v) is 4.34. The highest BCUT2D eigenvalue weighted by Crippen LogP contribution is 2.43. The lowest BCUT2D eigenvalue weighted by molar-refractivity contribution is 0.164. The van der Waals surface area contributed by atoms with Gasteiger partial charge in [-0.05, 0) is 31.1 Å². The molecule has 0 aliphatic heterocycles. The summed E-state index contributed by atoms with van der Waals surface area (Å²) in [6.45, 7) is 0. The molecule has 0 aromatic rings.